The van der Waals surface area contributed by atoms with Crippen molar-refractivity contribution in [3.8, 4) is 28.7 Å². The zero-order valence-electron chi connectivity index (χ0n) is 20.7. The lowest BCUT2D eigenvalue weighted by atomic mass is 10.1. The monoisotopic (exact) mass is 524 g/mol. The van der Waals surface area contributed by atoms with Crippen molar-refractivity contribution in [1.82, 2.24) is 10.6 Å². The van der Waals surface area contributed by atoms with Crippen molar-refractivity contribution in [1.29, 1.82) is 0 Å². The van der Waals surface area contributed by atoms with Gasteiger partial charge in [-0.25, -0.2) is 4.39 Å². The normalized spacial score (nSPS) is 16.4. The average molecular weight is 525 g/mol. The van der Waals surface area contributed by atoms with E-state index in [4.69, 9.17) is 23.7 Å². The molecule has 0 radical (unpaired) electrons. The van der Waals surface area contributed by atoms with Gasteiger partial charge >= 0.3 is 0 Å². The van der Waals surface area contributed by atoms with Crippen LogP contribution in [0.5, 0.6) is 28.7 Å². The summed E-state index contributed by atoms with van der Waals surface area (Å²) in [5.41, 5.74) is 1.62. The number of ether oxygens (including phenoxy) is 5. The maximum atomic E-state index is 13.7. The number of halogens is 1. The molecular weight excluding hydrogens is 495 g/mol. The molecule has 2 aliphatic heterocycles. The molecule has 3 N–H and O–H groups in total. The molecule has 2 heterocycles. The van der Waals surface area contributed by atoms with Crippen molar-refractivity contribution in [3.63, 3.8) is 0 Å². The second kappa shape index (κ2) is 12.0. The van der Waals surface area contributed by atoms with Crippen molar-refractivity contribution in [3.05, 3.63) is 77.6 Å². The molecule has 0 aliphatic carbocycles. The molecule has 0 fully saturated rings. The van der Waals surface area contributed by atoms with Gasteiger partial charge in [-0.15, -0.1) is 0 Å². The first-order chi connectivity index (χ1) is 18.5. The molecule has 3 aromatic carbocycles. The average Bonchev–Trinajstić information content (AvgIpc) is 3.31. The summed E-state index contributed by atoms with van der Waals surface area (Å²) in [6, 6.07) is 16.8. The molecule has 1 amide bonds. The van der Waals surface area contributed by atoms with Crippen molar-refractivity contribution >= 4 is 5.91 Å². The maximum Gasteiger partial charge on any atom is 0.251 e. The lowest BCUT2D eigenvalue weighted by Crippen LogP contribution is -2.34. The Hall–Kier alpha value is -4.02. The van der Waals surface area contributed by atoms with Crippen LogP contribution >= 0.6 is 0 Å². The third-order valence-electron chi connectivity index (χ3n) is 6.03. The number of nitrogens with one attached hydrogen (secondary N) is 2. The van der Waals surface area contributed by atoms with Gasteiger partial charge in [0, 0.05) is 31.3 Å². The van der Waals surface area contributed by atoms with Crippen LogP contribution in [-0.2, 0) is 6.54 Å². The van der Waals surface area contributed by atoms with Gasteiger partial charge in [0.25, 0.3) is 5.91 Å². The van der Waals surface area contributed by atoms with Crippen molar-refractivity contribution in [2.75, 3.05) is 39.5 Å². The molecule has 0 saturated carbocycles. The molecule has 9 nitrogen and oxygen atoms in total. The first-order valence-corrected chi connectivity index (χ1v) is 12.4. The number of hydrogen-bond donors (Lipinski definition) is 3. The summed E-state index contributed by atoms with van der Waals surface area (Å²) in [4.78, 5) is 11.6. The van der Waals surface area contributed by atoms with Gasteiger partial charge in [-0.2, -0.15) is 0 Å². The fourth-order valence-corrected chi connectivity index (χ4v) is 4.07. The Morgan fingerprint density at radius 3 is 2.79 bits per heavy atom. The Morgan fingerprint density at radius 2 is 1.89 bits per heavy atom. The van der Waals surface area contributed by atoms with E-state index in [9.17, 15) is 14.3 Å². The van der Waals surface area contributed by atoms with Crippen molar-refractivity contribution < 1.29 is 38.0 Å². The lowest BCUT2D eigenvalue weighted by molar-refractivity contribution is 0.0517. The van der Waals surface area contributed by atoms with Crippen LogP contribution in [0.25, 0.3) is 0 Å². The predicted octanol–water partition coefficient (Wildman–Crippen LogP) is 2.70. The summed E-state index contributed by atoms with van der Waals surface area (Å²) in [6.07, 6.45) is -1.10. The SMILES string of the molecule is O=C1NCc2cc(OCCNC[C@H](O)COc3ccc4c(c3)OC[C@@H](COc3ccccc3F)O4)ccc21. The van der Waals surface area contributed by atoms with E-state index in [-0.39, 0.29) is 37.6 Å². The van der Waals surface area contributed by atoms with Crippen LogP contribution < -0.4 is 34.3 Å². The molecule has 0 spiro atoms. The van der Waals surface area contributed by atoms with E-state index >= 15 is 0 Å². The molecule has 38 heavy (non-hydrogen) atoms. The topological polar surface area (TPSA) is 108 Å². The number of carbonyl (C=O) groups excluding carboxylic acids is 1. The summed E-state index contributed by atoms with van der Waals surface area (Å²) in [7, 11) is 0. The number of para-hydroxylation sites is 1. The van der Waals surface area contributed by atoms with E-state index in [0.29, 0.717) is 54.8 Å². The highest BCUT2D eigenvalue weighted by Crippen LogP contribution is 2.35. The van der Waals surface area contributed by atoms with Gasteiger partial charge in [0.2, 0.25) is 0 Å². The minimum Gasteiger partial charge on any atom is -0.492 e. The first kappa shape index (κ1) is 25.6. The number of aliphatic hydroxyl groups excluding tert-OH is 1. The summed E-state index contributed by atoms with van der Waals surface area (Å²) in [5.74, 6) is 2.00. The van der Waals surface area contributed by atoms with Gasteiger partial charge in [-0.05, 0) is 48.0 Å². The zero-order chi connectivity index (χ0) is 26.3. The minimum atomic E-state index is -0.722. The van der Waals surface area contributed by atoms with Crippen molar-refractivity contribution in [2.45, 2.75) is 18.8 Å². The quantitative estimate of drug-likeness (QED) is 0.311. The molecule has 10 heteroatoms. The Kier molecular flexibility index (Phi) is 8.10. The van der Waals surface area contributed by atoms with Crippen LogP contribution in [0.15, 0.2) is 60.7 Å². The number of carbonyl (C=O) groups is 1. The highest BCUT2D eigenvalue weighted by atomic mass is 19.1. The van der Waals surface area contributed by atoms with Crippen LogP contribution in [0.3, 0.4) is 0 Å². The van der Waals surface area contributed by atoms with E-state index in [1.165, 1.54) is 6.07 Å². The fourth-order valence-electron chi connectivity index (χ4n) is 4.07. The lowest BCUT2D eigenvalue weighted by Gasteiger charge is -2.27. The molecule has 3 aromatic rings. The highest BCUT2D eigenvalue weighted by Gasteiger charge is 2.23. The number of hydrogen-bond acceptors (Lipinski definition) is 8. The zero-order valence-corrected chi connectivity index (χ0v) is 20.7. The van der Waals surface area contributed by atoms with Gasteiger partial charge in [0.1, 0.15) is 44.0 Å². The second-order valence-corrected chi connectivity index (χ2v) is 8.92. The van der Waals surface area contributed by atoms with E-state index in [1.54, 1.807) is 48.5 Å². The second-order valence-electron chi connectivity index (χ2n) is 8.92. The standard InChI is InChI=1S/C28H29FN2O7/c29-24-3-1-2-4-25(24)36-16-22-17-37-27-12-21(6-8-26(27)38-22)35-15-19(32)14-30-9-10-34-20-5-7-23-18(11-20)13-31-28(23)33/h1-8,11-12,19,22,30,32H,9-10,13-17H2,(H,31,33)/t19-,22+/m0/s1. The molecule has 0 bridgehead atoms. The third-order valence-corrected chi connectivity index (χ3v) is 6.03. The van der Waals surface area contributed by atoms with Gasteiger partial charge in [-0.1, -0.05) is 12.1 Å². The minimum absolute atomic E-state index is 0.0576. The molecule has 5 rings (SSSR count). The summed E-state index contributed by atoms with van der Waals surface area (Å²) in [5, 5.41) is 16.1. The van der Waals surface area contributed by atoms with E-state index < -0.39 is 11.9 Å². The molecule has 0 aromatic heterocycles. The highest BCUT2D eigenvalue weighted by molar-refractivity contribution is 5.98. The molecule has 0 saturated heterocycles. The van der Waals surface area contributed by atoms with Crippen LogP contribution in [0, 0.1) is 5.82 Å². The number of fused-ring (bicyclic) bond motifs is 2. The molecule has 0 unspecified atom stereocenters. The first-order valence-electron chi connectivity index (χ1n) is 12.4. The Balaban J connectivity index is 0.987. The fraction of sp³-hybridized carbons (Fsp3) is 0.321. The molecule has 200 valence electrons. The van der Waals surface area contributed by atoms with Crippen LogP contribution in [0.4, 0.5) is 4.39 Å². The largest absolute Gasteiger partial charge is 0.492 e. The van der Waals surface area contributed by atoms with Crippen LogP contribution in [0.1, 0.15) is 15.9 Å². The summed E-state index contributed by atoms with van der Waals surface area (Å²) >= 11 is 0. The Labute approximate surface area is 219 Å². The number of benzene rings is 3. The number of amides is 1. The molecule has 2 atom stereocenters. The number of rotatable bonds is 12. The predicted molar refractivity (Wildman–Crippen MR) is 136 cm³/mol. The maximum absolute atomic E-state index is 13.7. The van der Waals surface area contributed by atoms with Crippen molar-refractivity contribution in [2.24, 2.45) is 0 Å². The Bertz CT molecular complexity index is 1270. The van der Waals surface area contributed by atoms with Gasteiger partial charge in [0.15, 0.2) is 29.2 Å². The molecular formula is C28H29FN2O7. The smallest absolute Gasteiger partial charge is 0.251 e. The van der Waals surface area contributed by atoms with E-state index in [1.807, 2.05) is 6.07 Å². The van der Waals surface area contributed by atoms with Gasteiger partial charge in [0.05, 0.1) is 0 Å². The van der Waals surface area contributed by atoms with Gasteiger partial charge < -0.3 is 39.4 Å². The Morgan fingerprint density at radius 1 is 1.05 bits per heavy atom. The number of aliphatic hydroxyl groups is 1. The summed E-state index contributed by atoms with van der Waals surface area (Å²) in [6.45, 7) is 2.30. The van der Waals surface area contributed by atoms with Gasteiger partial charge in [-0.3, -0.25) is 4.79 Å². The molecule has 2 aliphatic rings. The van der Waals surface area contributed by atoms with Crippen LogP contribution in [0.2, 0.25) is 0 Å². The van der Waals surface area contributed by atoms with E-state index in [2.05, 4.69) is 10.6 Å². The van der Waals surface area contributed by atoms with E-state index in [0.717, 1.165) is 5.56 Å². The third kappa shape index (κ3) is 6.45. The van der Waals surface area contributed by atoms with Crippen LogP contribution in [-0.4, -0.2) is 62.7 Å². The summed E-state index contributed by atoms with van der Waals surface area (Å²) < 4.78 is 42.3.